The van der Waals surface area contributed by atoms with E-state index in [9.17, 15) is 9.18 Å². The van der Waals surface area contributed by atoms with Crippen LogP contribution in [0.5, 0.6) is 0 Å². The van der Waals surface area contributed by atoms with Crippen molar-refractivity contribution in [2.24, 2.45) is 0 Å². The second-order valence-electron chi connectivity index (χ2n) is 3.98. The number of nitrogens with one attached hydrogen (secondary N) is 1. The lowest BCUT2D eigenvalue weighted by Crippen LogP contribution is -2.42. The lowest BCUT2D eigenvalue weighted by Gasteiger charge is -2.19. The van der Waals surface area contributed by atoms with Gasteiger partial charge in [0, 0.05) is 5.56 Å². The van der Waals surface area contributed by atoms with Crippen LogP contribution in [0.3, 0.4) is 0 Å². The van der Waals surface area contributed by atoms with Crippen molar-refractivity contribution >= 4 is 29.1 Å². The molecule has 0 aromatic heterocycles. The number of benzene rings is 1. The number of amides is 1. The minimum absolute atomic E-state index is 0.157. The van der Waals surface area contributed by atoms with Crippen molar-refractivity contribution in [2.75, 3.05) is 0 Å². The highest BCUT2D eigenvalue weighted by atomic mass is 35.5. The second-order valence-corrected chi connectivity index (χ2v) is 4.79. The SMILES string of the molecule is C#CC(C)(C)NC(=O)c1cc(Cl)c(F)c(Cl)c1. The number of carbonyl (C=O) groups is 1. The van der Waals surface area contributed by atoms with Crippen molar-refractivity contribution in [1.29, 1.82) is 0 Å². The van der Waals surface area contributed by atoms with E-state index >= 15 is 0 Å². The molecule has 0 aliphatic heterocycles. The van der Waals surface area contributed by atoms with Gasteiger partial charge in [-0.1, -0.05) is 29.1 Å². The molecular formula is C12H10Cl2FNO. The van der Waals surface area contributed by atoms with Crippen molar-refractivity contribution in [1.82, 2.24) is 5.32 Å². The number of hydrogen-bond donors (Lipinski definition) is 1. The molecule has 0 bridgehead atoms. The summed E-state index contributed by atoms with van der Waals surface area (Å²) in [6.07, 6.45) is 5.24. The molecule has 0 fully saturated rings. The third-order valence-electron chi connectivity index (χ3n) is 2.03. The largest absolute Gasteiger partial charge is 0.336 e. The quantitative estimate of drug-likeness (QED) is 0.650. The first-order valence-corrected chi connectivity index (χ1v) is 5.47. The van der Waals surface area contributed by atoms with Crippen molar-refractivity contribution in [2.45, 2.75) is 19.4 Å². The molecule has 0 aliphatic rings. The van der Waals surface area contributed by atoms with Gasteiger partial charge in [-0.3, -0.25) is 4.79 Å². The van der Waals surface area contributed by atoms with Crippen molar-refractivity contribution in [3.05, 3.63) is 33.6 Å². The Hall–Kier alpha value is -1.24. The normalized spacial score (nSPS) is 10.8. The molecule has 0 spiro atoms. The second kappa shape index (κ2) is 4.95. The molecule has 1 N–H and O–H groups in total. The zero-order valence-corrected chi connectivity index (χ0v) is 10.8. The molecule has 2 nitrogen and oxygen atoms in total. The number of terminal acetylenes is 1. The summed E-state index contributed by atoms with van der Waals surface area (Å²) >= 11 is 11.2. The summed E-state index contributed by atoms with van der Waals surface area (Å²) in [5, 5.41) is 2.17. The van der Waals surface area contributed by atoms with Crippen LogP contribution in [0, 0.1) is 18.2 Å². The summed E-state index contributed by atoms with van der Waals surface area (Å²) < 4.78 is 13.2. The Kier molecular flexibility index (Phi) is 4.03. The van der Waals surface area contributed by atoms with E-state index in [2.05, 4.69) is 11.2 Å². The van der Waals surface area contributed by atoms with Crippen molar-refractivity contribution < 1.29 is 9.18 Å². The van der Waals surface area contributed by atoms with Gasteiger partial charge in [-0.05, 0) is 26.0 Å². The van der Waals surface area contributed by atoms with E-state index in [4.69, 9.17) is 29.6 Å². The van der Waals surface area contributed by atoms with Gasteiger partial charge < -0.3 is 5.32 Å². The predicted octanol–water partition coefficient (Wildman–Crippen LogP) is 3.27. The number of rotatable bonds is 2. The highest BCUT2D eigenvalue weighted by Gasteiger charge is 2.19. The third-order valence-corrected chi connectivity index (χ3v) is 2.58. The minimum atomic E-state index is -0.801. The maximum Gasteiger partial charge on any atom is 0.252 e. The van der Waals surface area contributed by atoms with Gasteiger partial charge in [0.15, 0.2) is 5.82 Å². The highest BCUT2D eigenvalue weighted by molar-refractivity contribution is 6.35. The molecule has 0 heterocycles. The third kappa shape index (κ3) is 3.36. The van der Waals surface area contributed by atoms with Crippen LogP contribution >= 0.6 is 23.2 Å². The number of hydrogen-bond acceptors (Lipinski definition) is 1. The van der Waals surface area contributed by atoms with E-state index in [0.29, 0.717) is 0 Å². The van der Waals surface area contributed by atoms with Gasteiger partial charge in [-0.25, -0.2) is 4.39 Å². The van der Waals surface area contributed by atoms with Crippen LogP contribution in [0.15, 0.2) is 12.1 Å². The number of halogens is 3. The standard InChI is InChI=1S/C12H10Cl2FNO/c1-4-12(2,3)16-11(17)7-5-8(13)10(15)9(14)6-7/h1,5-6H,2-3H3,(H,16,17). The molecule has 1 aromatic carbocycles. The van der Waals surface area contributed by atoms with Crippen molar-refractivity contribution in [3.8, 4) is 12.3 Å². The summed E-state index contributed by atoms with van der Waals surface area (Å²) in [5.74, 6) is 1.20. The van der Waals surface area contributed by atoms with Gasteiger partial charge in [0.25, 0.3) is 5.91 Å². The molecule has 0 saturated heterocycles. The molecule has 1 amide bonds. The molecule has 1 rings (SSSR count). The zero-order valence-electron chi connectivity index (χ0n) is 9.27. The van der Waals surface area contributed by atoms with E-state index in [-0.39, 0.29) is 15.6 Å². The van der Waals surface area contributed by atoms with Gasteiger partial charge in [0.2, 0.25) is 0 Å². The van der Waals surface area contributed by atoms with Crippen LogP contribution in [-0.2, 0) is 0 Å². The molecule has 0 atom stereocenters. The Balaban J connectivity index is 3.03. The first-order valence-electron chi connectivity index (χ1n) is 4.71. The first kappa shape index (κ1) is 13.8. The highest BCUT2D eigenvalue weighted by Crippen LogP contribution is 2.24. The number of carbonyl (C=O) groups excluding carboxylic acids is 1. The Labute approximate surface area is 109 Å². The van der Waals surface area contributed by atoms with Crippen molar-refractivity contribution in [3.63, 3.8) is 0 Å². The van der Waals surface area contributed by atoms with E-state index < -0.39 is 17.3 Å². The molecule has 90 valence electrons. The fourth-order valence-corrected chi connectivity index (χ4v) is 1.57. The average Bonchev–Trinajstić information content (AvgIpc) is 2.24. The summed E-state index contributed by atoms with van der Waals surface area (Å²) in [4.78, 5) is 11.8. The Morgan fingerprint density at radius 1 is 1.41 bits per heavy atom. The molecular weight excluding hydrogens is 264 g/mol. The van der Waals surface area contributed by atoms with Gasteiger partial charge in [-0.2, -0.15) is 0 Å². The Bertz CT molecular complexity index is 483. The van der Waals surface area contributed by atoms with E-state index in [1.165, 1.54) is 12.1 Å². The minimum Gasteiger partial charge on any atom is -0.336 e. The monoisotopic (exact) mass is 273 g/mol. The molecule has 1 aromatic rings. The fraction of sp³-hybridized carbons (Fsp3) is 0.250. The van der Waals surface area contributed by atoms with Crippen LogP contribution in [0.2, 0.25) is 10.0 Å². The Morgan fingerprint density at radius 2 is 1.88 bits per heavy atom. The van der Waals surface area contributed by atoms with Crippen LogP contribution in [-0.4, -0.2) is 11.4 Å². The van der Waals surface area contributed by atoms with E-state index in [0.717, 1.165) is 0 Å². The summed E-state index contributed by atoms with van der Waals surface area (Å²) in [5.41, 5.74) is -0.644. The Morgan fingerprint density at radius 3 is 2.29 bits per heavy atom. The van der Waals surface area contributed by atoms with Gasteiger partial charge in [0.1, 0.15) is 0 Å². The molecule has 17 heavy (non-hydrogen) atoms. The molecule has 0 saturated carbocycles. The molecule has 0 aliphatic carbocycles. The van der Waals surface area contributed by atoms with E-state index in [1.54, 1.807) is 13.8 Å². The molecule has 5 heteroatoms. The maximum atomic E-state index is 13.2. The summed E-state index contributed by atoms with van der Waals surface area (Å²) in [7, 11) is 0. The molecule has 0 unspecified atom stereocenters. The van der Waals surface area contributed by atoms with Crippen LogP contribution in [0.25, 0.3) is 0 Å². The van der Waals surface area contributed by atoms with Gasteiger partial charge in [0.05, 0.1) is 15.6 Å². The summed E-state index contributed by atoms with van der Waals surface area (Å²) in [6, 6.07) is 2.40. The van der Waals surface area contributed by atoms with Crippen LogP contribution < -0.4 is 5.32 Å². The van der Waals surface area contributed by atoms with Gasteiger partial charge >= 0.3 is 0 Å². The zero-order chi connectivity index (χ0) is 13.2. The first-order chi connectivity index (χ1) is 7.76. The van der Waals surface area contributed by atoms with Crippen LogP contribution in [0.1, 0.15) is 24.2 Å². The van der Waals surface area contributed by atoms with E-state index in [1.807, 2.05) is 0 Å². The lowest BCUT2D eigenvalue weighted by atomic mass is 10.1. The summed E-state index contributed by atoms with van der Waals surface area (Å²) in [6.45, 7) is 3.33. The average molecular weight is 274 g/mol. The fourth-order valence-electron chi connectivity index (χ4n) is 1.08. The topological polar surface area (TPSA) is 29.1 Å². The predicted molar refractivity (Wildman–Crippen MR) is 66.8 cm³/mol. The molecule has 0 radical (unpaired) electrons. The smallest absolute Gasteiger partial charge is 0.252 e. The van der Waals surface area contributed by atoms with Gasteiger partial charge in [-0.15, -0.1) is 6.42 Å². The van der Waals surface area contributed by atoms with Crippen LogP contribution in [0.4, 0.5) is 4.39 Å². The maximum absolute atomic E-state index is 13.2. The lowest BCUT2D eigenvalue weighted by molar-refractivity contribution is 0.0930.